The van der Waals surface area contributed by atoms with Crippen LogP contribution in [0.15, 0.2) is 162 Å². The molecule has 5 heteroatoms. The predicted octanol–water partition coefficient (Wildman–Crippen LogP) is 7.12. The van der Waals surface area contributed by atoms with Gasteiger partial charge in [0.05, 0.1) is 6.61 Å². The lowest BCUT2D eigenvalue weighted by Gasteiger charge is -2.31. The summed E-state index contributed by atoms with van der Waals surface area (Å²) in [5, 5.41) is 4.87. The third kappa shape index (κ3) is 6.50. The second-order valence-corrected chi connectivity index (χ2v) is 15.2. The number of allylic oxidation sites excluding steroid dienone is 5. The normalized spacial score (nSPS) is 13.5. The van der Waals surface area contributed by atoms with Gasteiger partial charge in [0.1, 0.15) is 5.70 Å². The van der Waals surface area contributed by atoms with E-state index >= 15 is 0 Å². The number of benzene rings is 4. The fraction of sp³-hybridized carbons (Fsp3) is 0.114. The van der Waals surface area contributed by atoms with Crippen LogP contribution < -0.4 is 21.2 Å². The molecule has 0 spiro atoms. The van der Waals surface area contributed by atoms with Crippen molar-refractivity contribution < 1.29 is 9.53 Å². The van der Waals surface area contributed by atoms with Crippen LogP contribution in [0, 0.1) is 5.92 Å². The molecule has 0 aliphatic heterocycles. The first-order chi connectivity index (χ1) is 19.7. The number of carbonyl (C=O) groups is 1. The van der Waals surface area contributed by atoms with Crippen LogP contribution in [0.3, 0.4) is 0 Å². The Morgan fingerprint density at radius 2 is 1.20 bits per heavy atom. The molecule has 40 heavy (non-hydrogen) atoms. The van der Waals surface area contributed by atoms with Gasteiger partial charge < -0.3 is 4.74 Å². The first kappa shape index (κ1) is 27.8. The molecule has 0 saturated carbocycles. The Labute approximate surface area is 238 Å². The van der Waals surface area contributed by atoms with Crippen LogP contribution in [0.25, 0.3) is 0 Å². The summed E-state index contributed by atoms with van der Waals surface area (Å²) in [6.07, 6.45) is 10.1. The zero-order valence-electron chi connectivity index (χ0n) is 22.6. The van der Waals surface area contributed by atoms with Crippen molar-refractivity contribution in [3.05, 3.63) is 157 Å². The van der Waals surface area contributed by atoms with Crippen molar-refractivity contribution in [1.82, 2.24) is 0 Å². The molecular formula is C35H33NO2P2. The number of ether oxygens (including phenoxy) is 1. The van der Waals surface area contributed by atoms with Crippen LogP contribution in [0.4, 0.5) is 0 Å². The van der Waals surface area contributed by atoms with E-state index in [9.17, 15) is 4.79 Å². The van der Waals surface area contributed by atoms with Gasteiger partial charge in [-0.25, -0.2) is 4.79 Å². The van der Waals surface area contributed by atoms with Gasteiger partial charge >= 0.3 is 5.97 Å². The molecule has 4 aromatic rings. The van der Waals surface area contributed by atoms with E-state index in [2.05, 4.69) is 121 Å². The second-order valence-electron chi connectivity index (χ2n) is 9.40. The monoisotopic (exact) mass is 561 g/mol. The fourth-order valence-electron chi connectivity index (χ4n) is 4.82. The average molecular weight is 562 g/mol. The van der Waals surface area contributed by atoms with E-state index in [1.54, 1.807) is 0 Å². The quantitative estimate of drug-likeness (QED) is 0.118. The van der Waals surface area contributed by atoms with Crippen molar-refractivity contribution in [3.63, 3.8) is 0 Å². The largest absolute Gasteiger partial charge is 0.461 e. The van der Waals surface area contributed by atoms with Crippen LogP contribution in [-0.2, 0) is 9.53 Å². The SMILES string of the molecule is CCOC(=O)/C(=C\C1C=CC=C1)N=P(CP(c1ccccc1)c1ccccc1)(c1ccccc1)c1ccccc1. The summed E-state index contributed by atoms with van der Waals surface area (Å²) in [4.78, 5) is 13.5. The van der Waals surface area contributed by atoms with Crippen LogP contribution in [0.2, 0.25) is 0 Å². The van der Waals surface area contributed by atoms with E-state index in [1.165, 1.54) is 10.6 Å². The van der Waals surface area contributed by atoms with Crippen molar-refractivity contribution in [2.75, 3.05) is 12.5 Å². The van der Waals surface area contributed by atoms with Crippen LogP contribution in [0.1, 0.15) is 6.92 Å². The molecule has 0 saturated heterocycles. The lowest BCUT2D eigenvalue weighted by atomic mass is 10.1. The highest BCUT2D eigenvalue weighted by molar-refractivity contribution is 7.92. The Balaban J connectivity index is 1.81. The number of esters is 1. The number of nitrogens with zero attached hydrogens (tertiary/aromatic N) is 1. The molecule has 0 heterocycles. The first-order valence-electron chi connectivity index (χ1n) is 13.5. The number of carbonyl (C=O) groups excluding carboxylic acids is 1. The van der Waals surface area contributed by atoms with Gasteiger partial charge in [0, 0.05) is 18.9 Å². The highest BCUT2D eigenvalue weighted by Gasteiger charge is 2.32. The van der Waals surface area contributed by atoms with E-state index < -0.39 is 15.0 Å². The molecule has 4 aromatic carbocycles. The fourth-order valence-corrected chi connectivity index (χ4v) is 13.1. The predicted molar refractivity (Wildman–Crippen MR) is 172 cm³/mol. The highest BCUT2D eigenvalue weighted by Crippen LogP contribution is 2.58. The van der Waals surface area contributed by atoms with Gasteiger partial charge in [-0.1, -0.05) is 146 Å². The molecule has 0 atom stereocenters. The Hall–Kier alpha value is -3.77. The molecule has 1 aliphatic rings. The summed E-state index contributed by atoms with van der Waals surface area (Å²) in [6, 6.07) is 42.5. The molecule has 0 N–H and O–H groups in total. The zero-order valence-corrected chi connectivity index (χ0v) is 24.4. The molecule has 3 nitrogen and oxygen atoms in total. The molecule has 0 radical (unpaired) electrons. The smallest absolute Gasteiger partial charge is 0.356 e. The van der Waals surface area contributed by atoms with E-state index in [1.807, 2.05) is 37.3 Å². The van der Waals surface area contributed by atoms with Crippen molar-refractivity contribution in [2.45, 2.75) is 6.92 Å². The number of hydrogen-bond donors (Lipinski definition) is 0. The van der Waals surface area contributed by atoms with Gasteiger partial charge in [0.2, 0.25) is 0 Å². The molecule has 0 fully saturated rings. The third-order valence-electron chi connectivity index (χ3n) is 6.74. The summed E-state index contributed by atoms with van der Waals surface area (Å²) in [5.41, 5.74) is 0.389. The van der Waals surface area contributed by atoms with Gasteiger partial charge in [-0.2, -0.15) is 0 Å². The summed E-state index contributed by atoms with van der Waals surface area (Å²) in [5.74, 6) is 0.412. The average Bonchev–Trinajstić information content (AvgIpc) is 3.54. The zero-order chi connectivity index (χ0) is 27.6. The Kier molecular flexibility index (Phi) is 9.40. The molecule has 0 aromatic heterocycles. The maximum Gasteiger partial charge on any atom is 0.356 e. The summed E-state index contributed by atoms with van der Waals surface area (Å²) < 4.78 is 11.1. The maximum absolute atomic E-state index is 13.5. The van der Waals surface area contributed by atoms with Crippen molar-refractivity contribution in [2.24, 2.45) is 10.7 Å². The lowest BCUT2D eigenvalue weighted by molar-refractivity contribution is -0.138. The molecule has 0 bridgehead atoms. The van der Waals surface area contributed by atoms with Gasteiger partial charge in [-0.05, 0) is 42.1 Å². The molecule has 0 amide bonds. The van der Waals surface area contributed by atoms with Crippen LogP contribution in [0.5, 0.6) is 0 Å². The van der Waals surface area contributed by atoms with Crippen molar-refractivity contribution in [1.29, 1.82) is 0 Å². The Morgan fingerprint density at radius 3 is 1.65 bits per heavy atom. The van der Waals surface area contributed by atoms with Crippen LogP contribution >= 0.6 is 15.0 Å². The first-order valence-corrected chi connectivity index (χ1v) is 17.0. The minimum Gasteiger partial charge on any atom is -0.461 e. The number of rotatable bonds is 10. The Bertz CT molecular complexity index is 1450. The van der Waals surface area contributed by atoms with Crippen molar-refractivity contribution >= 4 is 42.2 Å². The van der Waals surface area contributed by atoms with Gasteiger partial charge in [-0.3, -0.25) is 4.74 Å². The summed E-state index contributed by atoms with van der Waals surface area (Å²) in [6.45, 7) is 2.14. The van der Waals surface area contributed by atoms with Crippen molar-refractivity contribution in [3.8, 4) is 0 Å². The van der Waals surface area contributed by atoms with E-state index in [4.69, 9.17) is 9.48 Å². The maximum atomic E-state index is 13.5. The second kappa shape index (κ2) is 13.5. The molecule has 1 aliphatic carbocycles. The third-order valence-corrected chi connectivity index (χ3v) is 14.2. The minimum atomic E-state index is -2.54. The van der Waals surface area contributed by atoms with E-state index in [0.717, 1.165) is 16.5 Å². The van der Waals surface area contributed by atoms with Gasteiger partial charge in [0.15, 0.2) is 0 Å². The highest BCUT2D eigenvalue weighted by atomic mass is 31.2. The van der Waals surface area contributed by atoms with E-state index in [0.29, 0.717) is 12.3 Å². The van der Waals surface area contributed by atoms with Crippen LogP contribution in [-0.4, -0.2) is 18.5 Å². The minimum absolute atomic E-state index is 0.00126. The summed E-state index contributed by atoms with van der Waals surface area (Å²) >= 11 is 0. The standard InChI is InChI=1S/C35H33NO2P2/c1-2-38-35(37)34(27-29-17-15-16-18-29)36-40(32-23-11-5-12-24-32,33-25-13-6-14-26-33)28-39(30-19-7-3-8-20-30)31-21-9-4-10-22-31/h3-27,29H,2,28H2,1H3/b34-27+. The molecule has 0 unspecified atom stereocenters. The topological polar surface area (TPSA) is 38.7 Å². The molecule has 5 rings (SSSR count). The Morgan fingerprint density at radius 1 is 0.750 bits per heavy atom. The lowest BCUT2D eigenvalue weighted by Crippen LogP contribution is -2.24. The summed E-state index contributed by atoms with van der Waals surface area (Å²) in [7, 11) is -3.35. The van der Waals surface area contributed by atoms with Gasteiger partial charge in [0.25, 0.3) is 0 Å². The van der Waals surface area contributed by atoms with E-state index in [-0.39, 0.29) is 11.9 Å². The molecular weight excluding hydrogens is 528 g/mol. The number of hydrogen-bond acceptors (Lipinski definition) is 3. The van der Waals surface area contributed by atoms with Gasteiger partial charge in [-0.15, -0.1) is 0 Å². The molecule has 200 valence electrons.